The van der Waals surface area contributed by atoms with Crippen molar-refractivity contribution < 1.29 is 19.1 Å². The maximum absolute atomic E-state index is 13.0. The van der Waals surface area contributed by atoms with E-state index in [2.05, 4.69) is 5.32 Å². The molecule has 1 saturated heterocycles. The molecule has 0 atom stereocenters. The van der Waals surface area contributed by atoms with Crippen molar-refractivity contribution in [1.29, 1.82) is 0 Å². The summed E-state index contributed by atoms with van der Waals surface area (Å²) in [4.78, 5) is 27.1. The molecule has 1 aliphatic heterocycles. The van der Waals surface area contributed by atoms with Crippen molar-refractivity contribution >= 4 is 69.2 Å². The second-order valence-electron chi connectivity index (χ2n) is 7.61. The summed E-state index contributed by atoms with van der Waals surface area (Å²) in [5, 5.41) is 3.20. The van der Waals surface area contributed by atoms with E-state index in [1.165, 1.54) is 23.8 Å². The number of halogens is 1. The molecular weight excluding hydrogens is 504 g/mol. The van der Waals surface area contributed by atoms with E-state index in [0.717, 1.165) is 16.8 Å². The number of nitrogens with one attached hydrogen (secondary N) is 1. The number of carbonyl (C=O) groups is 2. The molecule has 2 amide bonds. The van der Waals surface area contributed by atoms with Gasteiger partial charge in [-0.25, -0.2) is 0 Å². The number of ether oxygens (including phenoxy) is 2. The molecule has 0 unspecified atom stereocenters. The number of benzene rings is 3. The average Bonchev–Trinajstić information content (AvgIpc) is 3.11. The number of methoxy groups -OCH3 is 1. The third-order valence-electron chi connectivity index (χ3n) is 5.04. The van der Waals surface area contributed by atoms with Crippen LogP contribution in [0.25, 0.3) is 6.08 Å². The minimum Gasteiger partial charge on any atom is -0.495 e. The summed E-state index contributed by atoms with van der Waals surface area (Å²) in [5.74, 6) is 0.588. The number of rotatable bonds is 7. The average molecular weight is 525 g/mol. The lowest BCUT2D eigenvalue weighted by Gasteiger charge is -2.15. The lowest BCUT2D eigenvalue weighted by Crippen LogP contribution is -2.27. The number of amides is 2. The highest BCUT2D eigenvalue weighted by molar-refractivity contribution is 8.27. The minimum atomic E-state index is -0.248. The molecule has 35 heavy (non-hydrogen) atoms. The maximum atomic E-state index is 13.0. The minimum absolute atomic E-state index is 0.115. The highest BCUT2D eigenvalue weighted by atomic mass is 35.5. The topological polar surface area (TPSA) is 67.9 Å². The van der Waals surface area contributed by atoms with E-state index < -0.39 is 0 Å². The molecule has 1 heterocycles. The van der Waals surface area contributed by atoms with Gasteiger partial charge in [-0.2, -0.15) is 0 Å². The fraction of sp³-hybridized carbons (Fsp3) is 0.115. The molecule has 178 valence electrons. The van der Waals surface area contributed by atoms with Crippen LogP contribution in [-0.2, 0) is 9.59 Å². The molecule has 0 aliphatic carbocycles. The highest BCUT2D eigenvalue weighted by Gasteiger charge is 2.33. The van der Waals surface area contributed by atoms with Gasteiger partial charge in [0, 0.05) is 5.69 Å². The first-order valence-corrected chi connectivity index (χ1v) is 12.1. The number of hydrogen-bond donors (Lipinski definition) is 1. The molecule has 1 aliphatic rings. The largest absolute Gasteiger partial charge is 0.495 e. The lowest BCUT2D eigenvalue weighted by atomic mass is 10.2. The van der Waals surface area contributed by atoms with E-state index in [4.69, 9.17) is 33.3 Å². The summed E-state index contributed by atoms with van der Waals surface area (Å²) in [7, 11) is 1.53. The molecule has 3 aromatic rings. The smallest absolute Gasteiger partial charge is 0.270 e. The Kier molecular flexibility index (Phi) is 7.75. The summed E-state index contributed by atoms with van der Waals surface area (Å²) >= 11 is 12.9. The molecular formula is C26H21ClN2O4S2. The first kappa shape index (κ1) is 24.8. The Bertz CT molecular complexity index is 1330. The zero-order valence-electron chi connectivity index (χ0n) is 18.9. The Morgan fingerprint density at radius 1 is 1.14 bits per heavy atom. The standard InChI is InChI=1S/C26H21ClN2O4S2/c1-16-4-3-5-18(12-16)28-24(30)15-33-20-9-6-17(7-10-20)13-23-25(31)29(26(34)35-23)19-8-11-22(32-2)21(27)14-19/h3-14H,15H2,1-2H3,(H,28,30)/b23-13+. The van der Waals surface area contributed by atoms with Gasteiger partial charge in [-0.15, -0.1) is 0 Å². The number of thiocarbonyl (C=S) groups is 1. The Balaban J connectivity index is 1.38. The monoisotopic (exact) mass is 524 g/mol. The number of anilines is 2. The second kappa shape index (κ2) is 10.9. The molecule has 1 fully saturated rings. The van der Waals surface area contributed by atoms with Gasteiger partial charge in [0.2, 0.25) is 0 Å². The van der Waals surface area contributed by atoms with Crippen molar-refractivity contribution in [2.75, 3.05) is 23.9 Å². The number of hydrogen-bond acceptors (Lipinski definition) is 6. The Hall–Kier alpha value is -3.33. The van der Waals surface area contributed by atoms with Crippen LogP contribution in [0.15, 0.2) is 71.6 Å². The fourth-order valence-corrected chi connectivity index (χ4v) is 4.92. The molecule has 3 aromatic carbocycles. The quantitative estimate of drug-likeness (QED) is 0.298. The molecule has 4 rings (SSSR count). The lowest BCUT2D eigenvalue weighted by molar-refractivity contribution is -0.118. The molecule has 0 radical (unpaired) electrons. The number of nitrogens with zero attached hydrogens (tertiary/aromatic N) is 1. The number of carbonyl (C=O) groups excluding carboxylic acids is 2. The summed E-state index contributed by atoms with van der Waals surface area (Å²) in [6.45, 7) is 1.84. The summed E-state index contributed by atoms with van der Waals surface area (Å²) < 4.78 is 11.2. The highest BCUT2D eigenvalue weighted by Crippen LogP contribution is 2.38. The molecule has 0 aromatic heterocycles. The van der Waals surface area contributed by atoms with E-state index >= 15 is 0 Å². The molecule has 0 bridgehead atoms. The van der Waals surface area contributed by atoms with Crippen molar-refractivity contribution in [3.05, 3.63) is 87.8 Å². The van der Waals surface area contributed by atoms with Gasteiger partial charge >= 0.3 is 0 Å². The first-order chi connectivity index (χ1) is 16.8. The zero-order valence-corrected chi connectivity index (χ0v) is 21.3. The zero-order chi connectivity index (χ0) is 24.9. The molecule has 0 spiro atoms. The van der Waals surface area contributed by atoms with Gasteiger partial charge in [0.05, 0.1) is 22.7 Å². The van der Waals surface area contributed by atoms with E-state index in [1.807, 2.05) is 43.3 Å². The van der Waals surface area contributed by atoms with Crippen LogP contribution in [0.2, 0.25) is 5.02 Å². The molecule has 6 nitrogen and oxygen atoms in total. The molecule has 1 N–H and O–H groups in total. The predicted molar refractivity (Wildman–Crippen MR) is 145 cm³/mol. The van der Waals surface area contributed by atoms with Crippen molar-refractivity contribution in [2.45, 2.75) is 6.92 Å². The van der Waals surface area contributed by atoms with Gasteiger partial charge in [0.25, 0.3) is 11.8 Å². The Morgan fingerprint density at radius 3 is 2.60 bits per heavy atom. The predicted octanol–water partition coefficient (Wildman–Crippen LogP) is 6.08. The maximum Gasteiger partial charge on any atom is 0.270 e. The van der Waals surface area contributed by atoms with Crippen LogP contribution in [0, 0.1) is 6.92 Å². The van der Waals surface area contributed by atoms with Crippen molar-refractivity contribution in [1.82, 2.24) is 0 Å². The van der Waals surface area contributed by atoms with Crippen LogP contribution in [0.4, 0.5) is 11.4 Å². The number of thioether (sulfide) groups is 1. The third-order valence-corrected chi connectivity index (χ3v) is 6.63. The van der Waals surface area contributed by atoms with Crippen LogP contribution < -0.4 is 19.7 Å². The SMILES string of the molecule is COc1ccc(N2C(=O)/C(=C\c3ccc(OCC(=O)Nc4cccc(C)c4)cc3)SC2=S)cc1Cl. The van der Waals surface area contributed by atoms with Crippen LogP contribution in [-0.4, -0.2) is 29.9 Å². The van der Waals surface area contributed by atoms with Gasteiger partial charge in [0.1, 0.15) is 11.5 Å². The van der Waals surface area contributed by atoms with E-state index in [9.17, 15) is 9.59 Å². The summed E-state index contributed by atoms with van der Waals surface area (Å²) in [6.07, 6.45) is 1.76. The summed E-state index contributed by atoms with van der Waals surface area (Å²) in [5.41, 5.74) is 3.16. The van der Waals surface area contributed by atoms with Crippen molar-refractivity contribution in [3.8, 4) is 11.5 Å². The summed E-state index contributed by atoms with van der Waals surface area (Å²) in [6, 6.07) is 19.7. The van der Waals surface area contributed by atoms with Crippen LogP contribution >= 0.6 is 35.6 Å². The Morgan fingerprint density at radius 2 is 1.91 bits per heavy atom. The van der Waals surface area contributed by atoms with Crippen molar-refractivity contribution in [3.63, 3.8) is 0 Å². The molecule has 9 heteroatoms. The number of aryl methyl sites for hydroxylation is 1. The molecule has 0 saturated carbocycles. The van der Waals surface area contributed by atoms with Gasteiger partial charge in [-0.05, 0) is 66.6 Å². The van der Waals surface area contributed by atoms with E-state index in [1.54, 1.807) is 36.4 Å². The first-order valence-electron chi connectivity index (χ1n) is 10.5. The van der Waals surface area contributed by atoms with E-state index in [0.29, 0.717) is 31.4 Å². The van der Waals surface area contributed by atoms with Crippen molar-refractivity contribution in [2.24, 2.45) is 0 Å². The fourth-order valence-electron chi connectivity index (χ4n) is 3.37. The normalized spacial score (nSPS) is 14.4. The second-order valence-corrected chi connectivity index (χ2v) is 9.69. The Labute approximate surface area is 217 Å². The third kappa shape index (κ3) is 6.03. The van der Waals surface area contributed by atoms with Crippen LogP contribution in [0.1, 0.15) is 11.1 Å². The van der Waals surface area contributed by atoms with E-state index in [-0.39, 0.29) is 18.4 Å². The van der Waals surface area contributed by atoms with Gasteiger partial charge in [-0.3, -0.25) is 14.5 Å². The van der Waals surface area contributed by atoms with Crippen LogP contribution in [0.5, 0.6) is 11.5 Å². The van der Waals surface area contributed by atoms with Gasteiger partial charge in [0.15, 0.2) is 10.9 Å². The van der Waals surface area contributed by atoms with Gasteiger partial charge in [-0.1, -0.05) is 59.8 Å². The van der Waals surface area contributed by atoms with Gasteiger partial charge < -0.3 is 14.8 Å². The van der Waals surface area contributed by atoms with Crippen LogP contribution in [0.3, 0.4) is 0 Å².